The Bertz CT molecular complexity index is 719. The van der Waals surface area contributed by atoms with Crippen molar-refractivity contribution in [3.8, 4) is 0 Å². The quantitative estimate of drug-likeness (QED) is 0.729. The minimum atomic E-state index is 0.454. The average Bonchev–Trinajstić information content (AvgIpc) is 2.91. The van der Waals surface area contributed by atoms with Gasteiger partial charge in [0.25, 0.3) is 0 Å². The molecule has 3 aromatic rings. The van der Waals surface area contributed by atoms with Crippen LogP contribution in [0.2, 0.25) is 0 Å². The van der Waals surface area contributed by atoms with E-state index in [1.807, 2.05) is 31.5 Å². The monoisotopic (exact) mass is 246 g/mol. The van der Waals surface area contributed by atoms with Gasteiger partial charge in [-0.3, -0.25) is 9.25 Å². The summed E-state index contributed by atoms with van der Waals surface area (Å²) in [6.07, 6.45) is 0. The van der Waals surface area contributed by atoms with Crippen molar-refractivity contribution >= 4 is 17.1 Å². The number of aromatic nitrogens is 5. The molecule has 18 heavy (non-hydrogen) atoms. The van der Waals surface area contributed by atoms with Crippen LogP contribution in [-0.4, -0.2) is 24.5 Å². The molecule has 0 spiro atoms. The molecule has 0 unspecified atom stereocenters. The summed E-state index contributed by atoms with van der Waals surface area (Å²) in [5.74, 6) is 1.20. The third-order valence-corrected chi connectivity index (χ3v) is 2.91. The smallest absolute Gasteiger partial charge is 0.202 e. The van der Waals surface area contributed by atoms with Crippen LogP contribution in [0.15, 0.2) is 10.6 Å². The maximum atomic E-state index is 5.94. The Labute approximate surface area is 103 Å². The van der Waals surface area contributed by atoms with Crippen molar-refractivity contribution in [3.63, 3.8) is 0 Å². The largest absolute Gasteiger partial charge is 0.369 e. The number of nitrogens with zero attached hydrogens (tertiary/aromatic N) is 5. The topological polar surface area (TPSA) is 87.7 Å². The van der Waals surface area contributed by atoms with E-state index in [9.17, 15) is 0 Å². The third kappa shape index (κ3) is 1.47. The molecule has 94 valence electrons. The van der Waals surface area contributed by atoms with Gasteiger partial charge in [-0.2, -0.15) is 5.10 Å². The lowest BCUT2D eigenvalue weighted by Gasteiger charge is -2.03. The van der Waals surface area contributed by atoms with Gasteiger partial charge in [-0.25, -0.2) is 4.98 Å². The summed E-state index contributed by atoms with van der Waals surface area (Å²) in [7, 11) is 1.87. The zero-order valence-electron chi connectivity index (χ0n) is 10.5. The first-order valence-corrected chi connectivity index (χ1v) is 5.63. The van der Waals surface area contributed by atoms with Crippen LogP contribution in [0.25, 0.3) is 11.2 Å². The van der Waals surface area contributed by atoms with Crippen molar-refractivity contribution in [3.05, 3.63) is 23.2 Å². The van der Waals surface area contributed by atoms with Crippen molar-refractivity contribution < 1.29 is 4.52 Å². The minimum Gasteiger partial charge on any atom is -0.369 e. The fraction of sp³-hybridized carbons (Fsp3) is 0.364. The van der Waals surface area contributed by atoms with Crippen molar-refractivity contribution in [2.24, 2.45) is 7.05 Å². The van der Waals surface area contributed by atoms with Crippen LogP contribution >= 0.6 is 0 Å². The zero-order chi connectivity index (χ0) is 12.9. The molecule has 0 bridgehead atoms. The number of nitrogens with two attached hydrogens (primary N) is 1. The van der Waals surface area contributed by atoms with E-state index in [1.54, 1.807) is 4.68 Å². The summed E-state index contributed by atoms with van der Waals surface area (Å²) >= 11 is 0. The molecule has 2 N–H and O–H groups in total. The van der Waals surface area contributed by atoms with Gasteiger partial charge in [-0.15, -0.1) is 0 Å². The second-order valence-electron chi connectivity index (χ2n) is 4.37. The number of fused-ring (bicyclic) bond motifs is 1. The molecule has 0 amide bonds. The number of anilines is 1. The molecule has 0 saturated heterocycles. The summed E-state index contributed by atoms with van der Waals surface area (Å²) in [4.78, 5) is 4.33. The fourth-order valence-electron chi connectivity index (χ4n) is 2.15. The van der Waals surface area contributed by atoms with E-state index in [2.05, 4.69) is 15.2 Å². The standard InChI is InChI=1S/C11H14N6O/c1-6-4-8(18-15-6)5-17-10-9(13-11(17)12)7(2)14-16(10)3/h4H,5H2,1-3H3,(H2,12,13). The van der Waals surface area contributed by atoms with Gasteiger partial charge in [0.05, 0.1) is 17.9 Å². The van der Waals surface area contributed by atoms with Crippen molar-refractivity contribution in [2.45, 2.75) is 20.4 Å². The van der Waals surface area contributed by atoms with Crippen LogP contribution in [0, 0.1) is 13.8 Å². The van der Waals surface area contributed by atoms with Gasteiger partial charge in [0.15, 0.2) is 11.4 Å². The summed E-state index contributed by atoms with van der Waals surface area (Å²) in [6, 6.07) is 1.88. The second kappa shape index (κ2) is 3.59. The number of nitrogen functional groups attached to an aromatic ring is 1. The van der Waals surface area contributed by atoms with Crippen LogP contribution in [-0.2, 0) is 13.6 Å². The van der Waals surface area contributed by atoms with E-state index < -0.39 is 0 Å². The molecule has 7 nitrogen and oxygen atoms in total. The van der Waals surface area contributed by atoms with Crippen LogP contribution < -0.4 is 5.73 Å². The highest BCUT2D eigenvalue weighted by Gasteiger charge is 2.16. The zero-order valence-corrected chi connectivity index (χ0v) is 10.5. The van der Waals surface area contributed by atoms with Crippen LogP contribution in [0.3, 0.4) is 0 Å². The number of rotatable bonds is 2. The van der Waals surface area contributed by atoms with Gasteiger partial charge in [0.1, 0.15) is 5.52 Å². The SMILES string of the molecule is Cc1cc(Cn2c(N)nc3c(C)nn(C)c32)on1. The molecule has 0 radical (unpaired) electrons. The molecule has 0 aliphatic rings. The van der Waals surface area contributed by atoms with E-state index in [4.69, 9.17) is 10.3 Å². The van der Waals surface area contributed by atoms with Crippen LogP contribution in [0.5, 0.6) is 0 Å². The van der Waals surface area contributed by atoms with Crippen LogP contribution in [0.4, 0.5) is 5.95 Å². The maximum absolute atomic E-state index is 5.94. The normalized spacial score (nSPS) is 11.5. The Morgan fingerprint density at radius 3 is 2.83 bits per heavy atom. The Hall–Kier alpha value is -2.31. The van der Waals surface area contributed by atoms with Crippen molar-refractivity contribution in [1.29, 1.82) is 0 Å². The lowest BCUT2D eigenvalue weighted by Crippen LogP contribution is -2.07. The van der Waals surface area contributed by atoms with E-state index in [-0.39, 0.29) is 0 Å². The summed E-state index contributed by atoms with van der Waals surface area (Å²) < 4.78 is 8.85. The Balaban J connectivity index is 2.13. The molecule has 3 heterocycles. The maximum Gasteiger partial charge on any atom is 0.202 e. The summed E-state index contributed by atoms with van der Waals surface area (Å²) in [6.45, 7) is 4.30. The average molecular weight is 246 g/mol. The molecule has 0 atom stereocenters. The minimum absolute atomic E-state index is 0.454. The molecule has 3 rings (SSSR count). The summed E-state index contributed by atoms with van der Waals surface area (Å²) in [5, 5.41) is 8.19. The first kappa shape index (κ1) is 10.8. The molecule has 0 aliphatic carbocycles. The first-order valence-electron chi connectivity index (χ1n) is 5.63. The van der Waals surface area contributed by atoms with Crippen molar-refractivity contribution in [1.82, 2.24) is 24.5 Å². The molecular weight excluding hydrogens is 232 g/mol. The van der Waals surface area contributed by atoms with Crippen LogP contribution in [0.1, 0.15) is 17.1 Å². The number of hydrogen-bond acceptors (Lipinski definition) is 5. The van der Waals surface area contributed by atoms with Gasteiger partial charge in [0.2, 0.25) is 5.95 Å². The third-order valence-electron chi connectivity index (χ3n) is 2.91. The molecule has 7 heteroatoms. The lowest BCUT2D eigenvalue weighted by atomic mass is 10.4. The Morgan fingerprint density at radius 2 is 2.17 bits per heavy atom. The second-order valence-corrected chi connectivity index (χ2v) is 4.37. The summed E-state index contributed by atoms with van der Waals surface area (Å²) in [5.41, 5.74) is 9.37. The molecule has 0 aromatic carbocycles. The highest BCUT2D eigenvalue weighted by atomic mass is 16.5. The van der Waals surface area contributed by atoms with Gasteiger partial charge >= 0.3 is 0 Å². The van der Waals surface area contributed by atoms with E-state index in [0.717, 1.165) is 28.3 Å². The van der Waals surface area contributed by atoms with Crippen molar-refractivity contribution in [2.75, 3.05) is 5.73 Å². The molecule has 0 aliphatic heterocycles. The van der Waals surface area contributed by atoms with E-state index in [1.165, 1.54) is 0 Å². The van der Waals surface area contributed by atoms with Gasteiger partial charge < -0.3 is 10.3 Å². The first-order chi connectivity index (χ1) is 8.56. The predicted octanol–water partition coefficient (Wildman–Crippen LogP) is 1.01. The van der Waals surface area contributed by atoms with Gasteiger partial charge in [0, 0.05) is 13.1 Å². The molecule has 0 saturated carbocycles. The fourth-order valence-corrected chi connectivity index (χ4v) is 2.15. The highest BCUT2D eigenvalue weighted by molar-refractivity contribution is 5.77. The highest BCUT2D eigenvalue weighted by Crippen LogP contribution is 2.21. The van der Waals surface area contributed by atoms with Gasteiger partial charge in [-0.1, -0.05) is 5.16 Å². The van der Waals surface area contributed by atoms with Gasteiger partial charge in [-0.05, 0) is 13.8 Å². The molecule has 0 fully saturated rings. The lowest BCUT2D eigenvalue weighted by molar-refractivity contribution is 0.374. The predicted molar refractivity (Wildman–Crippen MR) is 66.0 cm³/mol. The van der Waals surface area contributed by atoms with E-state index >= 15 is 0 Å². The van der Waals surface area contributed by atoms with E-state index in [0.29, 0.717) is 12.5 Å². The molecular formula is C11H14N6O. The molecule has 3 aromatic heterocycles. The number of imidazole rings is 1. The number of hydrogen-bond donors (Lipinski definition) is 1. The number of aryl methyl sites for hydroxylation is 3. The Morgan fingerprint density at radius 1 is 1.39 bits per heavy atom. The Kier molecular flexibility index (Phi) is 2.16.